The molecule has 1 aromatic rings. The fraction of sp³-hybridized carbons (Fsp3) is 0.111. The van der Waals surface area contributed by atoms with E-state index in [2.05, 4.69) is 0 Å². The Balaban J connectivity index is 2.35. The van der Waals surface area contributed by atoms with E-state index in [9.17, 15) is 9.59 Å². The first-order valence-electron chi connectivity index (χ1n) is 3.93. The van der Waals surface area contributed by atoms with Gasteiger partial charge in [0.25, 0.3) is 6.29 Å². The first-order valence-corrected chi connectivity index (χ1v) is 3.93. The molecule has 1 heterocycles. The van der Waals surface area contributed by atoms with Gasteiger partial charge in [-0.15, -0.1) is 0 Å². The molecule has 1 aliphatic rings. The van der Waals surface area contributed by atoms with Crippen molar-refractivity contribution < 1.29 is 19.1 Å². The number of rotatable bonds is 2. The van der Waals surface area contributed by atoms with Gasteiger partial charge < -0.3 is 15.2 Å². The molecular formula is C9H7NO4. The number of primary amides is 1. The van der Waals surface area contributed by atoms with Crippen molar-refractivity contribution >= 4 is 12.2 Å². The van der Waals surface area contributed by atoms with Crippen molar-refractivity contribution in [2.45, 2.75) is 6.29 Å². The van der Waals surface area contributed by atoms with E-state index >= 15 is 0 Å². The smallest absolute Gasteiger partial charge is 0.297 e. The maximum absolute atomic E-state index is 10.8. The molecule has 0 bridgehead atoms. The number of hydrogen-bond donors (Lipinski definition) is 1. The summed E-state index contributed by atoms with van der Waals surface area (Å²) in [5, 5.41) is 0. The third-order valence-corrected chi connectivity index (χ3v) is 1.83. The van der Waals surface area contributed by atoms with E-state index in [-0.39, 0.29) is 0 Å². The summed E-state index contributed by atoms with van der Waals surface area (Å²) in [5.74, 6) is 0.247. The van der Waals surface area contributed by atoms with Crippen LogP contribution in [0, 0.1) is 0 Å². The van der Waals surface area contributed by atoms with E-state index in [0.717, 1.165) is 0 Å². The zero-order valence-corrected chi connectivity index (χ0v) is 7.10. The molecule has 1 amide bonds. The van der Waals surface area contributed by atoms with Crippen molar-refractivity contribution in [2.24, 2.45) is 5.73 Å². The molecule has 0 spiro atoms. The van der Waals surface area contributed by atoms with Crippen LogP contribution >= 0.6 is 0 Å². The van der Waals surface area contributed by atoms with Crippen LogP contribution in [0.2, 0.25) is 0 Å². The lowest BCUT2D eigenvalue weighted by molar-refractivity contribution is -0.121. The number of aldehydes is 1. The summed E-state index contributed by atoms with van der Waals surface area (Å²) in [5.41, 5.74) is 5.39. The minimum atomic E-state index is -0.923. The van der Waals surface area contributed by atoms with Gasteiger partial charge in [-0.2, -0.15) is 0 Å². The second-order valence-corrected chi connectivity index (χ2v) is 2.77. The molecule has 0 aromatic heterocycles. The number of fused-ring (bicyclic) bond motifs is 1. The van der Waals surface area contributed by atoms with E-state index in [4.69, 9.17) is 15.2 Å². The largest absolute Gasteiger partial charge is 0.444 e. The minimum Gasteiger partial charge on any atom is -0.444 e. The molecule has 5 nitrogen and oxygen atoms in total. The van der Waals surface area contributed by atoms with E-state index in [1.165, 1.54) is 12.1 Å². The lowest BCUT2D eigenvalue weighted by Gasteiger charge is -1.98. The van der Waals surface area contributed by atoms with E-state index < -0.39 is 12.2 Å². The Hall–Kier alpha value is -2.04. The van der Waals surface area contributed by atoms with Crippen LogP contribution in [0.25, 0.3) is 0 Å². The van der Waals surface area contributed by atoms with Crippen LogP contribution in [0.5, 0.6) is 11.5 Å². The van der Waals surface area contributed by atoms with Gasteiger partial charge in [-0.3, -0.25) is 9.59 Å². The molecule has 0 saturated carbocycles. The highest BCUT2D eigenvalue weighted by molar-refractivity contribution is 5.93. The predicted octanol–water partition coefficient (Wildman–Crippen LogP) is 0.0817. The van der Waals surface area contributed by atoms with Crippen molar-refractivity contribution in [3.63, 3.8) is 0 Å². The maximum Gasteiger partial charge on any atom is 0.297 e. The number of carbonyl (C=O) groups excluding carboxylic acids is 2. The van der Waals surface area contributed by atoms with Crippen LogP contribution in [-0.2, 0) is 4.79 Å². The summed E-state index contributed by atoms with van der Waals surface area (Å²) in [6.07, 6.45) is -0.391. The lowest BCUT2D eigenvalue weighted by atomic mass is 10.2. The van der Waals surface area contributed by atoms with Gasteiger partial charge >= 0.3 is 0 Å². The van der Waals surface area contributed by atoms with Gasteiger partial charge in [-0.25, -0.2) is 0 Å². The Morgan fingerprint density at radius 1 is 1.36 bits per heavy atom. The summed E-state index contributed by atoms with van der Waals surface area (Å²) in [6.45, 7) is 0. The number of nitrogens with two attached hydrogens (primary N) is 1. The van der Waals surface area contributed by atoms with Gasteiger partial charge in [0.05, 0.1) is 0 Å². The van der Waals surface area contributed by atoms with Gasteiger partial charge in [-0.05, 0) is 18.2 Å². The van der Waals surface area contributed by atoms with Crippen molar-refractivity contribution in [1.82, 2.24) is 0 Å². The molecule has 2 N–H and O–H groups in total. The Kier molecular flexibility index (Phi) is 1.85. The van der Waals surface area contributed by atoms with E-state index in [1.807, 2.05) is 0 Å². The van der Waals surface area contributed by atoms with Crippen LogP contribution in [0.15, 0.2) is 18.2 Å². The second kappa shape index (κ2) is 3.02. The fourth-order valence-electron chi connectivity index (χ4n) is 1.18. The summed E-state index contributed by atoms with van der Waals surface area (Å²) >= 11 is 0. The monoisotopic (exact) mass is 193 g/mol. The van der Waals surface area contributed by atoms with Crippen LogP contribution < -0.4 is 15.2 Å². The number of carbonyl (C=O) groups is 2. The Bertz CT molecular complexity index is 402. The first-order chi connectivity index (χ1) is 6.70. The zero-order valence-electron chi connectivity index (χ0n) is 7.10. The van der Waals surface area contributed by atoms with Gasteiger partial charge in [0.15, 0.2) is 11.5 Å². The molecule has 14 heavy (non-hydrogen) atoms. The zero-order chi connectivity index (χ0) is 10.1. The molecule has 0 fully saturated rings. The summed E-state index contributed by atoms with van der Waals surface area (Å²) < 4.78 is 10.1. The lowest BCUT2D eigenvalue weighted by Crippen LogP contribution is -2.18. The predicted molar refractivity (Wildman–Crippen MR) is 46.1 cm³/mol. The highest BCUT2D eigenvalue weighted by Gasteiger charge is 2.23. The highest BCUT2D eigenvalue weighted by atomic mass is 16.7. The molecule has 72 valence electrons. The molecule has 0 saturated heterocycles. The fourth-order valence-corrected chi connectivity index (χ4v) is 1.18. The van der Waals surface area contributed by atoms with Gasteiger partial charge in [0.2, 0.25) is 12.2 Å². The van der Waals surface area contributed by atoms with Crippen molar-refractivity contribution in [3.05, 3.63) is 23.8 Å². The molecule has 1 atom stereocenters. The second-order valence-electron chi connectivity index (χ2n) is 2.77. The summed E-state index contributed by atoms with van der Waals surface area (Å²) in [7, 11) is 0. The Morgan fingerprint density at radius 2 is 2.07 bits per heavy atom. The Morgan fingerprint density at radius 3 is 2.71 bits per heavy atom. The third-order valence-electron chi connectivity index (χ3n) is 1.83. The molecule has 1 aliphatic heterocycles. The van der Waals surface area contributed by atoms with E-state index in [0.29, 0.717) is 23.3 Å². The van der Waals surface area contributed by atoms with Crippen molar-refractivity contribution in [1.29, 1.82) is 0 Å². The molecule has 1 unspecified atom stereocenters. The minimum absolute atomic E-state index is 0.318. The van der Waals surface area contributed by atoms with Crippen molar-refractivity contribution in [2.75, 3.05) is 0 Å². The number of benzene rings is 1. The molecular weight excluding hydrogens is 186 g/mol. The maximum atomic E-state index is 10.8. The molecule has 2 rings (SSSR count). The number of amides is 1. The third kappa shape index (κ3) is 1.28. The molecule has 0 radical (unpaired) electrons. The quantitative estimate of drug-likeness (QED) is 0.674. The number of hydrogen-bond acceptors (Lipinski definition) is 4. The van der Waals surface area contributed by atoms with Gasteiger partial charge in [-0.1, -0.05) is 0 Å². The first kappa shape index (κ1) is 8.55. The average molecular weight is 193 g/mol. The topological polar surface area (TPSA) is 78.6 Å². The standard InChI is InChI=1S/C9H7NO4/c10-9(12)5-1-2-6-7(3-5)14-8(4-11)13-6/h1-4,8H,(H2,10,12). The van der Waals surface area contributed by atoms with Crippen LogP contribution in [0.1, 0.15) is 10.4 Å². The summed E-state index contributed by atoms with van der Waals surface area (Å²) in [4.78, 5) is 21.2. The van der Waals surface area contributed by atoms with Crippen LogP contribution in [-0.4, -0.2) is 18.5 Å². The van der Waals surface area contributed by atoms with Crippen LogP contribution in [0.3, 0.4) is 0 Å². The number of ether oxygens (including phenoxy) is 2. The molecule has 1 aromatic carbocycles. The van der Waals surface area contributed by atoms with Gasteiger partial charge in [0, 0.05) is 5.56 Å². The van der Waals surface area contributed by atoms with Crippen molar-refractivity contribution in [3.8, 4) is 11.5 Å². The van der Waals surface area contributed by atoms with E-state index in [1.54, 1.807) is 6.07 Å². The SMILES string of the molecule is NC(=O)c1ccc2c(c1)OC(C=O)O2. The highest BCUT2D eigenvalue weighted by Crippen LogP contribution is 2.34. The average Bonchev–Trinajstić information content (AvgIpc) is 2.58. The van der Waals surface area contributed by atoms with Gasteiger partial charge in [0.1, 0.15) is 0 Å². The summed E-state index contributed by atoms with van der Waals surface area (Å²) in [6, 6.07) is 4.50. The molecule has 0 aliphatic carbocycles. The van der Waals surface area contributed by atoms with Crippen LogP contribution in [0.4, 0.5) is 0 Å². The normalized spacial score (nSPS) is 17.9. The Labute approximate surface area is 79.4 Å². The molecule has 5 heteroatoms.